The zero-order valence-electron chi connectivity index (χ0n) is 10.9. The second-order valence-corrected chi connectivity index (χ2v) is 5.32. The number of amides is 1. The summed E-state index contributed by atoms with van der Waals surface area (Å²) in [5.74, 6) is -1.98. The van der Waals surface area contributed by atoms with Crippen molar-refractivity contribution in [2.75, 3.05) is 0 Å². The lowest BCUT2D eigenvalue weighted by Gasteiger charge is -2.12. The van der Waals surface area contributed by atoms with Crippen molar-refractivity contribution >= 4 is 29.2 Å². The number of aliphatic carboxylic acids is 1. The van der Waals surface area contributed by atoms with Crippen molar-refractivity contribution < 1.29 is 19.6 Å². The smallest absolute Gasteiger partial charge is 0.306 e. The first-order chi connectivity index (χ1) is 9.90. The number of hydrogen-bond acceptors (Lipinski definition) is 4. The van der Waals surface area contributed by atoms with E-state index in [1.54, 1.807) is 0 Å². The second kappa shape index (κ2) is 6.09. The molecule has 1 fully saturated rings. The number of rotatable bonds is 4. The topological polar surface area (TPSA) is 110 Å². The third kappa shape index (κ3) is 3.30. The minimum absolute atomic E-state index is 0.109. The summed E-state index contributed by atoms with van der Waals surface area (Å²) in [5, 5.41) is 22.4. The minimum Gasteiger partial charge on any atom is -0.481 e. The Bertz CT molecular complexity index is 604. The first kappa shape index (κ1) is 15.2. The Labute approximate surface area is 125 Å². The molecule has 2 rings (SSSR count). The van der Waals surface area contributed by atoms with Crippen molar-refractivity contribution in [3.05, 3.63) is 38.9 Å². The average Bonchev–Trinajstić information content (AvgIpc) is 2.86. The van der Waals surface area contributed by atoms with E-state index in [9.17, 15) is 19.7 Å². The molecule has 0 saturated heterocycles. The number of nitro benzene ring substituents is 1. The number of carbonyl (C=O) groups excluding carboxylic acids is 1. The number of carbonyl (C=O) groups is 2. The van der Waals surface area contributed by atoms with Gasteiger partial charge in [0.15, 0.2) is 0 Å². The molecule has 112 valence electrons. The molecule has 1 aromatic carbocycles. The fraction of sp³-hybridized carbons (Fsp3) is 0.385. The maximum atomic E-state index is 12.1. The second-order valence-electron chi connectivity index (χ2n) is 4.91. The molecule has 7 nitrogen and oxygen atoms in total. The number of nitrogens with zero attached hydrogens (tertiary/aromatic N) is 1. The van der Waals surface area contributed by atoms with Crippen LogP contribution in [-0.4, -0.2) is 27.9 Å². The van der Waals surface area contributed by atoms with Crippen molar-refractivity contribution in [3.63, 3.8) is 0 Å². The lowest BCUT2D eigenvalue weighted by molar-refractivity contribution is -0.385. The van der Waals surface area contributed by atoms with Gasteiger partial charge < -0.3 is 10.4 Å². The van der Waals surface area contributed by atoms with Gasteiger partial charge in [-0.15, -0.1) is 0 Å². The van der Waals surface area contributed by atoms with E-state index in [1.807, 2.05) is 0 Å². The van der Waals surface area contributed by atoms with E-state index in [0.717, 1.165) is 0 Å². The number of benzene rings is 1. The van der Waals surface area contributed by atoms with Crippen molar-refractivity contribution in [3.8, 4) is 0 Å². The maximum absolute atomic E-state index is 12.1. The lowest BCUT2D eigenvalue weighted by atomic mass is 10.1. The van der Waals surface area contributed by atoms with E-state index in [4.69, 9.17) is 16.7 Å². The zero-order valence-corrected chi connectivity index (χ0v) is 11.7. The first-order valence-electron chi connectivity index (χ1n) is 6.36. The Morgan fingerprint density at radius 3 is 2.67 bits per heavy atom. The summed E-state index contributed by atoms with van der Waals surface area (Å²) < 4.78 is 0. The molecule has 0 aromatic heterocycles. The summed E-state index contributed by atoms with van der Waals surface area (Å²) in [7, 11) is 0. The Morgan fingerprint density at radius 2 is 2.10 bits per heavy atom. The average molecular weight is 313 g/mol. The Balaban J connectivity index is 2.13. The van der Waals surface area contributed by atoms with Gasteiger partial charge in [0.25, 0.3) is 5.91 Å². The molecular weight excluding hydrogens is 300 g/mol. The Morgan fingerprint density at radius 1 is 1.38 bits per heavy atom. The van der Waals surface area contributed by atoms with Crippen LogP contribution in [0.3, 0.4) is 0 Å². The third-order valence-corrected chi connectivity index (χ3v) is 3.84. The van der Waals surface area contributed by atoms with E-state index in [-0.39, 0.29) is 16.6 Å². The molecule has 8 heteroatoms. The highest BCUT2D eigenvalue weighted by Gasteiger charge is 2.32. The monoisotopic (exact) mass is 312 g/mol. The van der Waals surface area contributed by atoms with Crippen LogP contribution in [0.15, 0.2) is 18.2 Å². The minimum atomic E-state index is -0.888. The molecule has 21 heavy (non-hydrogen) atoms. The van der Waals surface area contributed by atoms with Crippen molar-refractivity contribution in [2.24, 2.45) is 5.92 Å². The molecule has 0 radical (unpaired) electrons. The van der Waals surface area contributed by atoms with Crippen LogP contribution in [0.5, 0.6) is 0 Å². The number of nitro groups is 1. The number of hydrogen-bond donors (Lipinski definition) is 2. The highest BCUT2D eigenvalue weighted by atomic mass is 35.5. The Hall–Kier alpha value is -2.15. The van der Waals surface area contributed by atoms with Gasteiger partial charge in [-0.05, 0) is 31.4 Å². The number of para-hydroxylation sites is 1. The molecule has 0 spiro atoms. The molecule has 2 atom stereocenters. The van der Waals surface area contributed by atoms with Gasteiger partial charge in [-0.3, -0.25) is 19.7 Å². The summed E-state index contributed by atoms with van der Waals surface area (Å²) in [4.78, 5) is 33.3. The van der Waals surface area contributed by atoms with Gasteiger partial charge in [0, 0.05) is 6.04 Å². The van der Waals surface area contributed by atoms with Crippen LogP contribution in [0, 0.1) is 16.0 Å². The quantitative estimate of drug-likeness (QED) is 0.654. The zero-order chi connectivity index (χ0) is 15.6. The number of nitrogens with one attached hydrogen (secondary N) is 1. The molecular formula is C13H13ClN2O5. The molecule has 1 aromatic rings. The SMILES string of the molecule is O=C(N[C@H]1CC[C@@H](C(=O)O)C1)c1cccc(Cl)c1[N+](=O)[O-]. The fourth-order valence-corrected chi connectivity index (χ4v) is 2.73. The van der Waals surface area contributed by atoms with Gasteiger partial charge in [0.05, 0.1) is 10.8 Å². The molecule has 1 aliphatic carbocycles. The van der Waals surface area contributed by atoms with Crippen LogP contribution >= 0.6 is 11.6 Å². The van der Waals surface area contributed by atoms with Gasteiger partial charge in [-0.1, -0.05) is 17.7 Å². The van der Waals surface area contributed by atoms with Crippen molar-refractivity contribution in [1.29, 1.82) is 0 Å². The standard InChI is InChI=1S/C13H13ClN2O5/c14-10-3-1-2-9(11(10)16(20)21)12(17)15-8-5-4-7(6-8)13(18)19/h1-3,7-8H,4-6H2,(H,15,17)(H,18,19)/t7-,8+/m1/s1. The van der Waals surface area contributed by atoms with Crippen LogP contribution in [0.25, 0.3) is 0 Å². The summed E-state index contributed by atoms with van der Waals surface area (Å²) in [6.45, 7) is 0. The summed E-state index contributed by atoms with van der Waals surface area (Å²) >= 11 is 5.75. The van der Waals surface area contributed by atoms with Crippen LogP contribution in [-0.2, 0) is 4.79 Å². The van der Waals surface area contributed by atoms with E-state index < -0.39 is 28.4 Å². The number of halogens is 1. The number of carboxylic acid groups (broad SMARTS) is 1. The largest absolute Gasteiger partial charge is 0.481 e. The van der Waals surface area contributed by atoms with E-state index in [1.165, 1.54) is 18.2 Å². The van der Waals surface area contributed by atoms with Gasteiger partial charge in [0.1, 0.15) is 10.6 Å². The van der Waals surface area contributed by atoms with Crippen LogP contribution < -0.4 is 5.32 Å². The summed E-state index contributed by atoms with van der Waals surface area (Å²) in [6, 6.07) is 3.83. The molecule has 0 heterocycles. The van der Waals surface area contributed by atoms with Crippen LogP contribution in [0.4, 0.5) is 5.69 Å². The summed E-state index contributed by atoms with van der Waals surface area (Å²) in [6.07, 6.45) is 1.35. The van der Waals surface area contributed by atoms with Gasteiger partial charge in [0.2, 0.25) is 0 Å². The van der Waals surface area contributed by atoms with Crippen LogP contribution in [0.1, 0.15) is 29.6 Å². The van der Waals surface area contributed by atoms with E-state index in [0.29, 0.717) is 19.3 Å². The van der Waals surface area contributed by atoms with Gasteiger partial charge in [-0.25, -0.2) is 0 Å². The molecule has 1 aliphatic rings. The molecule has 2 N–H and O–H groups in total. The predicted octanol–water partition coefficient (Wildman–Crippen LogP) is 2.23. The predicted molar refractivity (Wildman–Crippen MR) is 74.3 cm³/mol. The maximum Gasteiger partial charge on any atom is 0.306 e. The lowest BCUT2D eigenvalue weighted by Crippen LogP contribution is -2.33. The molecule has 0 aliphatic heterocycles. The van der Waals surface area contributed by atoms with Gasteiger partial charge in [-0.2, -0.15) is 0 Å². The fourth-order valence-electron chi connectivity index (χ4n) is 2.48. The van der Waals surface area contributed by atoms with E-state index in [2.05, 4.69) is 5.32 Å². The Kier molecular flexibility index (Phi) is 4.42. The normalized spacial score (nSPS) is 21.0. The highest BCUT2D eigenvalue weighted by molar-refractivity contribution is 6.33. The van der Waals surface area contributed by atoms with Gasteiger partial charge >= 0.3 is 11.7 Å². The van der Waals surface area contributed by atoms with Crippen molar-refractivity contribution in [1.82, 2.24) is 5.32 Å². The van der Waals surface area contributed by atoms with E-state index >= 15 is 0 Å². The highest BCUT2D eigenvalue weighted by Crippen LogP contribution is 2.30. The van der Waals surface area contributed by atoms with Crippen molar-refractivity contribution in [2.45, 2.75) is 25.3 Å². The molecule has 1 saturated carbocycles. The first-order valence-corrected chi connectivity index (χ1v) is 6.74. The summed E-state index contributed by atoms with van der Waals surface area (Å²) in [5.41, 5.74) is -0.560. The number of carboxylic acids is 1. The molecule has 1 amide bonds. The third-order valence-electron chi connectivity index (χ3n) is 3.53. The molecule has 0 unspecified atom stereocenters. The molecule has 0 bridgehead atoms. The van der Waals surface area contributed by atoms with Crippen LogP contribution in [0.2, 0.25) is 5.02 Å².